The highest BCUT2D eigenvalue weighted by Crippen LogP contribution is 2.23. The summed E-state index contributed by atoms with van der Waals surface area (Å²) in [6.45, 7) is 8.92. The lowest BCUT2D eigenvalue weighted by atomic mass is 9.93. The minimum absolute atomic E-state index is 0.0366. The zero-order chi connectivity index (χ0) is 17.7. The summed E-state index contributed by atoms with van der Waals surface area (Å²) in [7, 11) is 0. The third-order valence-corrected chi connectivity index (χ3v) is 4.08. The molecular formula is C19H28N2O3. The lowest BCUT2D eigenvalue weighted by Gasteiger charge is -2.33. The summed E-state index contributed by atoms with van der Waals surface area (Å²) in [6, 6.07) is 7.79. The zero-order valence-electron chi connectivity index (χ0n) is 15.1. The number of aryl methyl sites for hydroxylation is 1. The van der Waals surface area contributed by atoms with Crippen LogP contribution in [0.5, 0.6) is 0 Å². The maximum Gasteiger partial charge on any atom is 0.410 e. The molecular weight excluding hydrogens is 304 g/mol. The number of ether oxygens (including phenoxy) is 1. The average molecular weight is 332 g/mol. The summed E-state index contributed by atoms with van der Waals surface area (Å²) >= 11 is 0. The van der Waals surface area contributed by atoms with Gasteiger partial charge in [-0.05, 0) is 58.6 Å². The average Bonchev–Trinajstić information content (AvgIpc) is 2.48. The second kappa shape index (κ2) is 7.69. The van der Waals surface area contributed by atoms with E-state index in [0.29, 0.717) is 25.4 Å². The summed E-state index contributed by atoms with van der Waals surface area (Å²) in [5.74, 6) is 0.351. The number of piperidine rings is 1. The Morgan fingerprint density at radius 2 is 1.75 bits per heavy atom. The summed E-state index contributed by atoms with van der Waals surface area (Å²) in [6.07, 6.45) is 1.90. The number of benzene rings is 1. The third kappa shape index (κ3) is 5.87. The normalized spacial score (nSPS) is 15.9. The van der Waals surface area contributed by atoms with Crippen LogP contribution in [0, 0.1) is 12.8 Å². The van der Waals surface area contributed by atoms with Crippen LogP contribution in [0.25, 0.3) is 0 Å². The molecule has 0 aliphatic carbocycles. The summed E-state index contributed by atoms with van der Waals surface area (Å²) < 4.78 is 5.39. The Labute approximate surface area is 144 Å². The summed E-state index contributed by atoms with van der Waals surface area (Å²) in [5.41, 5.74) is 1.53. The number of rotatable bonds is 3. The van der Waals surface area contributed by atoms with Crippen molar-refractivity contribution < 1.29 is 14.3 Å². The second-order valence-corrected chi connectivity index (χ2v) is 7.53. The van der Waals surface area contributed by atoms with Crippen LogP contribution in [0.15, 0.2) is 24.3 Å². The van der Waals surface area contributed by atoms with E-state index in [1.807, 2.05) is 52.0 Å². The van der Waals surface area contributed by atoms with Gasteiger partial charge in [-0.2, -0.15) is 0 Å². The molecule has 0 unspecified atom stereocenters. The maximum absolute atomic E-state index is 12.2. The number of likely N-dealkylation sites (tertiary alicyclic amines) is 1. The Bertz CT molecular complexity index is 567. The molecule has 1 aliphatic rings. The smallest absolute Gasteiger partial charge is 0.410 e. The Hall–Kier alpha value is -2.04. The molecule has 1 N–H and O–H groups in total. The van der Waals surface area contributed by atoms with E-state index in [-0.39, 0.29) is 12.0 Å². The predicted molar refractivity (Wildman–Crippen MR) is 95.0 cm³/mol. The van der Waals surface area contributed by atoms with Gasteiger partial charge in [0.2, 0.25) is 5.91 Å². The van der Waals surface area contributed by atoms with Crippen LogP contribution >= 0.6 is 0 Å². The molecule has 5 nitrogen and oxygen atoms in total. The second-order valence-electron chi connectivity index (χ2n) is 7.53. The van der Waals surface area contributed by atoms with Gasteiger partial charge in [0.15, 0.2) is 0 Å². The van der Waals surface area contributed by atoms with Crippen molar-refractivity contribution in [3.05, 3.63) is 29.8 Å². The zero-order valence-corrected chi connectivity index (χ0v) is 15.1. The number of hydrogen-bond acceptors (Lipinski definition) is 3. The number of carbonyl (C=O) groups is 2. The maximum atomic E-state index is 12.2. The first kappa shape index (κ1) is 18.3. The van der Waals surface area contributed by atoms with Crippen molar-refractivity contribution in [1.29, 1.82) is 0 Å². The Balaban J connectivity index is 1.75. The van der Waals surface area contributed by atoms with Gasteiger partial charge in [0, 0.05) is 25.2 Å². The monoisotopic (exact) mass is 332 g/mol. The van der Waals surface area contributed by atoms with E-state index < -0.39 is 5.60 Å². The van der Waals surface area contributed by atoms with Crippen LogP contribution in [0.2, 0.25) is 0 Å². The Morgan fingerprint density at radius 1 is 1.17 bits per heavy atom. The fourth-order valence-electron chi connectivity index (χ4n) is 2.76. The molecule has 5 heteroatoms. The van der Waals surface area contributed by atoms with Gasteiger partial charge in [-0.1, -0.05) is 17.7 Å². The Kier molecular flexibility index (Phi) is 5.86. The molecule has 24 heavy (non-hydrogen) atoms. The van der Waals surface area contributed by atoms with E-state index in [9.17, 15) is 9.59 Å². The lowest BCUT2D eigenvalue weighted by molar-refractivity contribution is -0.117. The van der Waals surface area contributed by atoms with E-state index in [1.54, 1.807) is 4.90 Å². The first-order chi connectivity index (χ1) is 11.2. The van der Waals surface area contributed by atoms with Gasteiger partial charge in [-0.15, -0.1) is 0 Å². The van der Waals surface area contributed by atoms with Gasteiger partial charge < -0.3 is 15.0 Å². The summed E-state index contributed by atoms with van der Waals surface area (Å²) in [4.78, 5) is 25.9. The van der Waals surface area contributed by atoms with Crippen LogP contribution in [0.4, 0.5) is 10.5 Å². The first-order valence-corrected chi connectivity index (χ1v) is 8.57. The largest absolute Gasteiger partial charge is 0.444 e. The van der Waals surface area contributed by atoms with Gasteiger partial charge in [0.05, 0.1) is 0 Å². The number of hydrogen-bond donors (Lipinski definition) is 1. The fraction of sp³-hybridized carbons (Fsp3) is 0.579. The molecule has 1 saturated heterocycles. The molecule has 0 aromatic heterocycles. The SMILES string of the molecule is Cc1ccc(NC(=O)CC2CCN(C(=O)OC(C)(C)C)CC2)cc1. The number of nitrogens with zero attached hydrogens (tertiary/aromatic N) is 1. The molecule has 0 spiro atoms. The van der Waals surface area contributed by atoms with E-state index >= 15 is 0 Å². The van der Waals surface area contributed by atoms with Crippen molar-refractivity contribution in [2.45, 2.75) is 52.6 Å². The predicted octanol–water partition coefficient (Wildman–Crippen LogP) is 3.97. The van der Waals surface area contributed by atoms with Gasteiger partial charge in [0.1, 0.15) is 5.60 Å². The Morgan fingerprint density at radius 3 is 2.29 bits per heavy atom. The van der Waals surface area contributed by atoms with Crippen molar-refractivity contribution in [1.82, 2.24) is 4.90 Å². The van der Waals surface area contributed by atoms with Crippen molar-refractivity contribution in [2.75, 3.05) is 18.4 Å². The third-order valence-electron chi connectivity index (χ3n) is 4.08. The molecule has 1 heterocycles. The summed E-state index contributed by atoms with van der Waals surface area (Å²) in [5, 5.41) is 2.94. The molecule has 0 atom stereocenters. The number of amides is 2. The molecule has 1 aliphatic heterocycles. The van der Waals surface area contributed by atoms with Crippen LogP contribution in [-0.2, 0) is 9.53 Å². The minimum atomic E-state index is -0.470. The molecule has 0 radical (unpaired) electrons. The standard InChI is InChI=1S/C19H28N2O3/c1-14-5-7-16(8-6-14)20-17(22)13-15-9-11-21(12-10-15)18(23)24-19(2,3)4/h5-8,15H,9-13H2,1-4H3,(H,20,22). The minimum Gasteiger partial charge on any atom is -0.444 e. The molecule has 0 saturated carbocycles. The van der Waals surface area contributed by atoms with Crippen molar-refractivity contribution >= 4 is 17.7 Å². The van der Waals surface area contributed by atoms with Gasteiger partial charge in [0.25, 0.3) is 0 Å². The lowest BCUT2D eigenvalue weighted by Crippen LogP contribution is -2.42. The van der Waals surface area contributed by atoms with E-state index in [1.165, 1.54) is 5.56 Å². The molecule has 0 bridgehead atoms. The van der Waals surface area contributed by atoms with Crippen molar-refractivity contribution in [3.63, 3.8) is 0 Å². The molecule has 2 rings (SSSR count). The molecule has 1 aromatic rings. The van der Waals surface area contributed by atoms with Crippen LogP contribution < -0.4 is 5.32 Å². The van der Waals surface area contributed by atoms with Gasteiger partial charge in [-0.25, -0.2) is 4.79 Å². The van der Waals surface area contributed by atoms with Crippen LogP contribution in [-0.4, -0.2) is 35.6 Å². The van der Waals surface area contributed by atoms with Gasteiger partial charge in [-0.3, -0.25) is 4.79 Å². The number of carbonyl (C=O) groups excluding carboxylic acids is 2. The highest BCUT2D eigenvalue weighted by Gasteiger charge is 2.27. The van der Waals surface area contributed by atoms with E-state index in [4.69, 9.17) is 4.74 Å². The van der Waals surface area contributed by atoms with Crippen molar-refractivity contribution in [2.24, 2.45) is 5.92 Å². The molecule has 1 fully saturated rings. The van der Waals surface area contributed by atoms with Crippen LogP contribution in [0.3, 0.4) is 0 Å². The van der Waals surface area contributed by atoms with E-state index in [2.05, 4.69) is 5.32 Å². The quantitative estimate of drug-likeness (QED) is 0.911. The van der Waals surface area contributed by atoms with Crippen molar-refractivity contribution in [3.8, 4) is 0 Å². The first-order valence-electron chi connectivity index (χ1n) is 8.57. The van der Waals surface area contributed by atoms with Crippen LogP contribution in [0.1, 0.15) is 45.6 Å². The van der Waals surface area contributed by atoms with Gasteiger partial charge >= 0.3 is 6.09 Å². The number of nitrogens with one attached hydrogen (secondary N) is 1. The molecule has 132 valence electrons. The molecule has 1 aromatic carbocycles. The van der Waals surface area contributed by atoms with E-state index in [0.717, 1.165) is 18.5 Å². The fourth-order valence-corrected chi connectivity index (χ4v) is 2.76. The highest BCUT2D eigenvalue weighted by atomic mass is 16.6. The molecule has 2 amide bonds. The number of anilines is 1. The highest BCUT2D eigenvalue weighted by molar-refractivity contribution is 5.90. The topological polar surface area (TPSA) is 58.6 Å².